The van der Waals surface area contributed by atoms with Gasteiger partial charge in [-0.1, -0.05) is 6.07 Å². The molecule has 1 saturated heterocycles. The lowest BCUT2D eigenvalue weighted by atomic mass is 10.3. The molecule has 5 nitrogen and oxygen atoms in total. The van der Waals surface area contributed by atoms with Gasteiger partial charge in [0.15, 0.2) is 0 Å². The number of nitrogens with zero attached hydrogens (tertiary/aromatic N) is 4. The van der Waals surface area contributed by atoms with E-state index in [9.17, 15) is 0 Å². The van der Waals surface area contributed by atoms with Crippen LogP contribution in [-0.2, 0) is 6.54 Å². The number of hydrogen-bond acceptors (Lipinski definition) is 6. The number of hydrazine groups is 1. The Morgan fingerprint density at radius 3 is 2.85 bits per heavy atom. The van der Waals surface area contributed by atoms with Crippen molar-refractivity contribution in [2.75, 3.05) is 33.2 Å². The lowest BCUT2D eigenvalue weighted by molar-refractivity contribution is 0.102. The molecule has 0 atom stereocenters. The largest absolute Gasteiger partial charge is 0.304 e. The Balaban J connectivity index is 1.55. The number of piperazine rings is 1. The van der Waals surface area contributed by atoms with Crippen molar-refractivity contribution in [3.8, 4) is 10.7 Å². The highest BCUT2D eigenvalue weighted by Gasteiger charge is 2.13. The van der Waals surface area contributed by atoms with Gasteiger partial charge in [0.05, 0.1) is 17.9 Å². The van der Waals surface area contributed by atoms with E-state index in [0.717, 1.165) is 49.1 Å². The predicted octanol–water partition coefficient (Wildman–Crippen LogP) is 1.46. The zero-order valence-corrected chi connectivity index (χ0v) is 12.4. The fourth-order valence-corrected chi connectivity index (χ4v) is 2.95. The normalized spacial score (nSPS) is 17.4. The van der Waals surface area contributed by atoms with Gasteiger partial charge in [-0.05, 0) is 19.2 Å². The summed E-state index contributed by atoms with van der Waals surface area (Å²) in [5.74, 6) is 0. The molecule has 2 aromatic heterocycles. The molecule has 6 heteroatoms. The molecule has 0 amide bonds. The standard InChI is InChI=1S/C14H19N5S/c1-18-6-8-19(9-7-18)16-10-12-11-20-14(17-12)13-4-2-3-5-15-13/h2-5,11,16H,6-10H2,1H3. The smallest absolute Gasteiger partial charge is 0.142 e. The van der Waals surface area contributed by atoms with E-state index in [2.05, 4.69) is 37.7 Å². The molecule has 2 aromatic rings. The summed E-state index contributed by atoms with van der Waals surface area (Å²) in [5, 5.41) is 5.37. The zero-order valence-electron chi connectivity index (χ0n) is 11.6. The second-order valence-electron chi connectivity index (χ2n) is 4.98. The van der Waals surface area contributed by atoms with Crippen LogP contribution in [0.4, 0.5) is 0 Å². The maximum atomic E-state index is 4.64. The molecular weight excluding hydrogens is 270 g/mol. The highest BCUT2D eigenvalue weighted by atomic mass is 32.1. The van der Waals surface area contributed by atoms with Crippen LogP contribution in [0.15, 0.2) is 29.8 Å². The van der Waals surface area contributed by atoms with Gasteiger partial charge in [-0.15, -0.1) is 11.3 Å². The first kappa shape index (κ1) is 13.6. The van der Waals surface area contributed by atoms with Crippen molar-refractivity contribution >= 4 is 11.3 Å². The fourth-order valence-electron chi connectivity index (χ4n) is 2.15. The molecule has 106 valence electrons. The van der Waals surface area contributed by atoms with E-state index in [0.29, 0.717) is 0 Å². The highest BCUT2D eigenvalue weighted by Crippen LogP contribution is 2.21. The Morgan fingerprint density at radius 2 is 2.10 bits per heavy atom. The number of hydrogen-bond donors (Lipinski definition) is 1. The topological polar surface area (TPSA) is 44.3 Å². The Kier molecular flexibility index (Phi) is 4.37. The van der Waals surface area contributed by atoms with Crippen molar-refractivity contribution < 1.29 is 0 Å². The van der Waals surface area contributed by atoms with E-state index in [1.165, 1.54) is 0 Å². The number of aromatic nitrogens is 2. The van der Waals surface area contributed by atoms with Crippen LogP contribution in [-0.4, -0.2) is 53.1 Å². The third-order valence-corrected chi connectivity index (χ3v) is 4.34. The summed E-state index contributed by atoms with van der Waals surface area (Å²) in [6.45, 7) is 5.14. The third kappa shape index (κ3) is 3.40. The molecule has 0 radical (unpaired) electrons. The number of likely N-dealkylation sites (N-methyl/N-ethyl adjacent to an activating group) is 1. The monoisotopic (exact) mass is 289 g/mol. The van der Waals surface area contributed by atoms with E-state index in [4.69, 9.17) is 0 Å². The molecule has 0 spiro atoms. The van der Waals surface area contributed by atoms with Gasteiger partial charge >= 0.3 is 0 Å². The van der Waals surface area contributed by atoms with Gasteiger partial charge < -0.3 is 4.90 Å². The van der Waals surface area contributed by atoms with Crippen LogP contribution in [0.5, 0.6) is 0 Å². The Morgan fingerprint density at radius 1 is 1.25 bits per heavy atom. The van der Waals surface area contributed by atoms with Crippen molar-refractivity contribution in [1.82, 2.24) is 25.3 Å². The van der Waals surface area contributed by atoms with E-state index in [1.807, 2.05) is 18.2 Å². The summed E-state index contributed by atoms with van der Waals surface area (Å²) < 4.78 is 0. The summed E-state index contributed by atoms with van der Waals surface area (Å²) in [6, 6.07) is 5.91. The summed E-state index contributed by atoms with van der Waals surface area (Å²) >= 11 is 1.65. The first-order valence-corrected chi connectivity index (χ1v) is 7.72. The molecule has 1 N–H and O–H groups in total. The van der Waals surface area contributed by atoms with Crippen LogP contribution < -0.4 is 5.43 Å². The molecule has 0 unspecified atom stereocenters. The maximum Gasteiger partial charge on any atom is 0.142 e. The number of thiazole rings is 1. The summed E-state index contributed by atoms with van der Waals surface area (Å²) in [7, 11) is 2.16. The highest BCUT2D eigenvalue weighted by molar-refractivity contribution is 7.13. The lowest BCUT2D eigenvalue weighted by Crippen LogP contribution is -2.50. The molecule has 0 aliphatic carbocycles. The summed E-state index contributed by atoms with van der Waals surface area (Å²) in [5.41, 5.74) is 5.48. The predicted molar refractivity (Wildman–Crippen MR) is 81.3 cm³/mol. The van der Waals surface area contributed by atoms with Gasteiger partial charge in [0.1, 0.15) is 5.01 Å². The third-order valence-electron chi connectivity index (χ3n) is 3.42. The molecule has 3 heterocycles. The van der Waals surface area contributed by atoms with Gasteiger partial charge in [0.2, 0.25) is 0 Å². The van der Waals surface area contributed by atoms with Crippen LogP contribution >= 0.6 is 11.3 Å². The second-order valence-corrected chi connectivity index (χ2v) is 5.84. The van der Waals surface area contributed by atoms with Gasteiger partial charge in [-0.3, -0.25) is 4.98 Å². The van der Waals surface area contributed by atoms with Crippen molar-refractivity contribution in [2.45, 2.75) is 6.54 Å². The maximum absolute atomic E-state index is 4.64. The van der Waals surface area contributed by atoms with Gasteiger partial charge in [0, 0.05) is 37.8 Å². The minimum Gasteiger partial charge on any atom is -0.304 e. The van der Waals surface area contributed by atoms with E-state index in [1.54, 1.807) is 17.5 Å². The van der Waals surface area contributed by atoms with Crippen LogP contribution in [0, 0.1) is 0 Å². The summed E-state index contributed by atoms with van der Waals surface area (Å²) in [6.07, 6.45) is 1.80. The average Bonchev–Trinajstić information content (AvgIpc) is 2.97. The molecule has 3 rings (SSSR count). The Bertz CT molecular complexity index is 534. The molecule has 20 heavy (non-hydrogen) atoms. The van der Waals surface area contributed by atoms with Crippen molar-refractivity contribution in [1.29, 1.82) is 0 Å². The molecule has 0 aromatic carbocycles. The Labute approximate surface area is 123 Å². The van der Waals surface area contributed by atoms with Gasteiger partial charge in [-0.2, -0.15) is 0 Å². The van der Waals surface area contributed by atoms with E-state index >= 15 is 0 Å². The van der Waals surface area contributed by atoms with Gasteiger partial charge in [0.25, 0.3) is 0 Å². The molecule has 1 aliphatic rings. The molecule has 0 bridgehead atoms. The first-order chi connectivity index (χ1) is 9.81. The van der Waals surface area contributed by atoms with Crippen molar-refractivity contribution in [3.05, 3.63) is 35.5 Å². The molecule has 1 aliphatic heterocycles. The number of pyridine rings is 1. The Hall–Kier alpha value is -1.34. The average molecular weight is 289 g/mol. The minimum absolute atomic E-state index is 0.785. The zero-order chi connectivity index (χ0) is 13.8. The first-order valence-electron chi connectivity index (χ1n) is 6.84. The van der Waals surface area contributed by atoms with Crippen LogP contribution in [0.3, 0.4) is 0 Å². The molecule has 1 fully saturated rings. The van der Waals surface area contributed by atoms with Crippen molar-refractivity contribution in [2.24, 2.45) is 0 Å². The molecule has 0 saturated carbocycles. The van der Waals surface area contributed by atoms with E-state index < -0.39 is 0 Å². The van der Waals surface area contributed by atoms with Crippen LogP contribution in [0.25, 0.3) is 10.7 Å². The number of nitrogens with one attached hydrogen (secondary N) is 1. The lowest BCUT2D eigenvalue weighted by Gasteiger charge is -2.32. The second kappa shape index (κ2) is 6.41. The van der Waals surface area contributed by atoms with Crippen LogP contribution in [0.1, 0.15) is 5.69 Å². The van der Waals surface area contributed by atoms with Gasteiger partial charge in [-0.25, -0.2) is 15.4 Å². The molecular formula is C14H19N5S. The van der Waals surface area contributed by atoms with Crippen molar-refractivity contribution in [3.63, 3.8) is 0 Å². The minimum atomic E-state index is 0.785. The van der Waals surface area contributed by atoms with E-state index in [-0.39, 0.29) is 0 Å². The SMILES string of the molecule is CN1CCN(NCc2csc(-c3ccccn3)n2)CC1. The fraction of sp³-hybridized carbons (Fsp3) is 0.429. The number of rotatable bonds is 4. The summed E-state index contributed by atoms with van der Waals surface area (Å²) in [4.78, 5) is 11.3. The van der Waals surface area contributed by atoms with Crippen LogP contribution in [0.2, 0.25) is 0 Å². The quantitative estimate of drug-likeness (QED) is 0.923.